The summed E-state index contributed by atoms with van der Waals surface area (Å²) in [6.45, 7) is 0.382. The number of nitrogens with two attached hydrogens (primary N) is 2. The van der Waals surface area contributed by atoms with Crippen LogP contribution in [0.4, 0.5) is 5.82 Å². The van der Waals surface area contributed by atoms with Crippen LogP contribution in [-0.4, -0.2) is 26.7 Å². The zero-order valence-electron chi connectivity index (χ0n) is 8.67. The number of anilines is 1. The molecule has 0 fully saturated rings. The Morgan fingerprint density at radius 1 is 1.62 bits per heavy atom. The van der Waals surface area contributed by atoms with E-state index in [9.17, 15) is 9.59 Å². The van der Waals surface area contributed by atoms with E-state index in [1.807, 2.05) is 0 Å². The first kappa shape index (κ1) is 12.2. The molecule has 88 valence electrons. The normalized spacial score (nSPS) is 12.3. The van der Waals surface area contributed by atoms with Gasteiger partial charge in [-0.1, -0.05) is 0 Å². The summed E-state index contributed by atoms with van der Waals surface area (Å²) in [5, 5.41) is 8.55. The minimum absolute atomic E-state index is 0.170. The number of aryl methyl sites for hydroxylation is 1. The summed E-state index contributed by atoms with van der Waals surface area (Å²) in [6.07, 6.45) is 2.34. The molecule has 0 unspecified atom stereocenters. The predicted molar refractivity (Wildman–Crippen MR) is 57.8 cm³/mol. The molecule has 7 heteroatoms. The molecule has 1 atom stereocenters. The van der Waals surface area contributed by atoms with Gasteiger partial charge in [0.15, 0.2) is 0 Å². The number of nitrogen functional groups attached to an aromatic ring is 1. The highest BCUT2D eigenvalue weighted by molar-refractivity contribution is 5.72. The van der Waals surface area contributed by atoms with Gasteiger partial charge in [-0.2, -0.15) is 4.98 Å². The van der Waals surface area contributed by atoms with Crippen molar-refractivity contribution in [2.75, 3.05) is 5.73 Å². The molecule has 0 radical (unpaired) electrons. The van der Waals surface area contributed by atoms with E-state index >= 15 is 0 Å². The molecule has 0 spiro atoms. The minimum atomic E-state index is -1.04. The van der Waals surface area contributed by atoms with Crippen molar-refractivity contribution in [3.63, 3.8) is 0 Å². The summed E-state index contributed by atoms with van der Waals surface area (Å²) in [7, 11) is 0. The van der Waals surface area contributed by atoms with E-state index in [1.54, 1.807) is 0 Å². The van der Waals surface area contributed by atoms with Crippen molar-refractivity contribution in [3.8, 4) is 0 Å². The molecule has 0 saturated heterocycles. The quantitative estimate of drug-likeness (QED) is 0.592. The van der Waals surface area contributed by atoms with E-state index in [-0.39, 0.29) is 5.82 Å². The molecule has 0 amide bonds. The first-order valence-corrected chi connectivity index (χ1v) is 4.82. The Labute approximate surface area is 91.7 Å². The Hall–Kier alpha value is -1.89. The number of aromatic nitrogens is 2. The van der Waals surface area contributed by atoms with Gasteiger partial charge in [0.05, 0.1) is 0 Å². The number of carbonyl (C=O) groups is 1. The van der Waals surface area contributed by atoms with Crippen LogP contribution in [-0.2, 0) is 11.3 Å². The maximum Gasteiger partial charge on any atom is 0.349 e. The smallest absolute Gasteiger partial charge is 0.349 e. The molecule has 0 aliphatic carbocycles. The van der Waals surface area contributed by atoms with Gasteiger partial charge in [-0.05, 0) is 18.9 Å². The second kappa shape index (κ2) is 5.26. The summed E-state index contributed by atoms with van der Waals surface area (Å²) < 4.78 is 1.37. The van der Waals surface area contributed by atoms with E-state index in [0.29, 0.717) is 19.4 Å². The summed E-state index contributed by atoms with van der Waals surface area (Å²) in [6, 6.07) is 0.621. The molecular formula is C9H14N4O3. The van der Waals surface area contributed by atoms with Gasteiger partial charge in [0, 0.05) is 12.7 Å². The van der Waals surface area contributed by atoms with Crippen molar-refractivity contribution < 1.29 is 9.90 Å². The number of nitrogens with zero attached hydrogens (tertiary/aromatic N) is 2. The number of hydrogen-bond donors (Lipinski definition) is 3. The zero-order chi connectivity index (χ0) is 12.1. The monoisotopic (exact) mass is 226 g/mol. The van der Waals surface area contributed by atoms with E-state index in [4.69, 9.17) is 16.6 Å². The van der Waals surface area contributed by atoms with Crippen LogP contribution in [0.3, 0.4) is 0 Å². The highest BCUT2D eigenvalue weighted by Gasteiger charge is 2.10. The highest BCUT2D eigenvalue weighted by atomic mass is 16.4. The summed E-state index contributed by atoms with van der Waals surface area (Å²) in [5.74, 6) is -0.869. The van der Waals surface area contributed by atoms with Crippen molar-refractivity contribution in [2.45, 2.75) is 25.4 Å². The molecule has 1 aromatic heterocycles. The number of rotatable bonds is 5. The molecule has 0 bridgehead atoms. The Kier molecular flexibility index (Phi) is 4.01. The van der Waals surface area contributed by atoms with Crippen LogP contribution < -0.4 is 17.2 Å². The fourth-order valence-electron chi connectivity index (χ4n) is 1.22. The van der Waals surface area contributed by atoms with Crippen molar-refractivity contribution in [2.24, 2.45) is 5.73 Å². The summed E-state index contributed by atoms with van der Waals surface area (Å²) >= 11 is 0. The fourth-order valence-corrected chi connectivity index (χ4v) is 1.22. The molecule has 1 rings (SSSR count). The van der Waals surface area contributed by atoms with E-state index < -0.39 is 17.7 Å². The lowest BCUT2D eigenvalue weighted by Crippen LogP contribution is -2.31. The lowest BCUT2D eigenvalue weighted by Gasteiger charge is -2.07. The van der Waals surface area contributed by atoms with E-state index in [0.717, 1.165) is 0 Å². The summed E-state index contributed by atoms with van der Waals surface area (Å²) in [5.41, 5.74) is 10.2. The average molecular weight is 226 g/mol. The third-order valence-electron chi connectivity index (χ3n) is 2.13. The third-order valence-corrected chi connectivity index (χ3v) is 2.13. The van der Waals surface area contributed by atoms with Crippen LogP contribution in [0.1, 0.15) is 12.8 Å². The number of carboxylic acids is 1. The lowest BCUT2D eigenvalue weighted by molar-refractivity contribution is -0.138. The molecule has 7 nitrogen and oxygen atoms in total. The Balaban J connectivity index is 2.49. The molecular weight excluding hydrogens is 212 g/mol. The molecule has 0 aromatic carbocycles. The van der Waals surface area contributed by atoms with Crippen LogP contribution in [0.15, 0.2) is 17.1 Å². The maximum absolute atomic E-state index is 11.3. The highest BCUT2D eigenvalue weighted by Crippen LogP contribution is 1.98. The van der Waals surface area contributed by atoms with Gasteiger partial charge >= 0.3 is 11.7 Å². The minimum Gasteiger partial charge on any atom is -0.480 e. The first-order chi connectivity index (χ1) is 7.50. The van der Waals surface area contributed by atoms with E-state index in [2.05, 4.69) is 4.98 Å². The number of hydrogen-bond acceptors (Lipinski definition) is 5. The standard InChI is InChI=1S/C9H14N4O3/c10-6(8(14)15)2-1-4-13-5-3-7(11)12-9(13)16/h3,5-6H,1-2,4,10H2,(H,14,15)(H2,11,12,16)/t6-/m0/s1. The lowest BCUT2D eigenvalue weighted by atomic mass is 10.2. The third kappa shape index (κ3) is 3.35. The van der Waals surface area contributed by atoms with Crippen molar-refractivity contribution in [1.29, 1.82) is 0 Å². The second-order valence-electron chi connectivity index (χ2n) is 3.42. The average Bonchev–Trinajstić information content (AvgIpc) is 2.20. The van der Waals surface area contributed by atoms with Gasteiger partial charge in [0.2, 0.25) is 0 Å². The largest absolute Gasteiger partial charge is 0.480 e. The van der Waals surface area contributed by atoms with Gasteiger partial charge in [-0.25, -0.2) is 4.79 Å². The summed E-state index contributed by atoms with van der Waals surface area (Å²) in [4.78, 5) is 25.2. The first-order valence-electron chi connectivity index (χ1n) is 4.82. The van der Waals surface area contributed by atoms with Crippen LogP contribution >= 0.6 is 0 Å². The maximum atomic E-state index is 11.3. The van der Waals surface area contributed by atoms with Crippen molar-refractivity contribution in [3.05, 3.63) is 22.7 Å². The molecule has 1 aromatic rings. The number of carboxylic acid groups (broad SMARTS) is 1. The fraction of sp³-hybridized carbons (Fsp3) is 0.444. The van der Waals surface area contributed by atoms with Gasteiger partial charge in [-0.15, -0.1) is 0 Å². The molecule has 1 heterocycles. The van der Waals surface area contributed by atoms with Crippen LogP contribution in [0.2, 0.25) is 0 Å². The topological polar surface area (TPSA) is 124 Å². The Morgan fingerprint density at radius 3 is 2.88 bits per heavy atom. The van der Waals surface area contributed by atoms with Crippen LogP contribution in [0, 0.1) is 0 Å². The Bertz CT molecular complexity index is 429. The van der Waals surface area contributed by atoms with Gasteiger partial charge < -0.3 is 16.6 Å². The molecule has 0 aliphatic rings. The van der Waals surface area contributed by atoms with Crippen LogP contribution in [0.5, 0.6) is 0 Å². The molecule has 5 N–H and O–H groups in total. The second-order valence-corrected chi connectivity index (χ2v) is 3.42. The van der Waals surface area contributed by atoms with Gasteiger partial charge in [0.25, 0.3) is 0 Å². The van der Waals surface area contributed by atoms with Gasteiger partial charge in [0.1, 0.15) is 11.9 Å². The van der Waals surface area contributed by atoms with Crippen molar-refractivity contribution in [1.82, 2.24) is 9.55 Å². The van der Waals surface area contributed by atoms with Crippen LogP contribution in [0.25, 0.3) is 0 Å². The molecule has 16 heavy (non-hydrogen) atoms. The number of aliphatic carboxylic acids is 1. The van der Waals surface area contributed by atoms with Gasteiger partial charge in [-0.3, -0.25) is 9.36 Å². The molecule has 0 aliphatic heterocycles. The van der Waals surface area contributed by atoms with E-state index in [1.165, 1.54) is 16.8 Å². The Morgan fingerprint density at radius 2 is 2.31 bits per heavy atom. The SMILES string of the molecule is Nc1ccn(CCC[C@H](N)C(=O)O)c(=O)n1. The predicted octanol–water partition coefficient (Wildman–Crippen LogP) is -0.982. The van der Waals surface area contributed by atoms with Crippen molar-refractivity contribution >= 4 is 11.8 Å². The molecule has 0 saturated carbocycles. The zero-order valence-corrected chi connectivity index (χ0v) is 8.67.